The van der Waals surface area contributed by atoms with E-state index in [0.29, 0.717) is 40.3 Å². The van der Waals surface area contributed by atoms with Gasteiger partial charge in [-0.25, -0.2) is 4.98 Å². The maximum Gasteiger partial charge on any atom is 0.282 e. The van der Waals surface area contributed by atoms with E-state index in [1.165, 1.54) is 10.9 Å². The summed E-state index contributed by atoms with van der Waals surface area (Å²) in [7, 11) is 0. The SMILES string of the molecule is CCOc1cc(C=Nn2c(-c3ccccc3)nc3ccccc3c2=O)cc(Cl)c1OCC(=O)Nc1ccccc1. The summed E-state index contributed by atoms with van der Waals surface area (Å²) >= 11 is 6.55. The molecule has 0 bridgehead atoms. The second-order valence-electron chi connectivity index (χ2n) is 8.65. The molecule has 0 aliphatic rings. The van der Waals surface area contributed by atoms with Gasteiger partial charge in [0.05, 0.1) is 28.7 Å². The van der Waals surface area contributed by atoms with E-state index in [1.54, 1.807) is 42.5 Å². The van der Waals surface area contributed by atoms with Gasteiger partial charge in [0.2, 0.25) is 0 Å². The van der Waals surface area contributed by atoms with Crippen LogP contribution in [-0.2, 0) is 4.79 Å². The van der Waals surface area contributed by atoms with Crippen LogP contribution in [0.5, 0.6) is 11.5 Å². The molecule has 0 aliphatic carbocycles. The molecule has 4 aromatic carbocycles. The molecule has 0 radical (unpaired) electrons. The number of para-hydroxylation sites is 2. The lowest BCUT2D eigenvalue weighted by Crippen LogP contribution is -2.20. The first kappa shape index (κ1) is 26.6. The van der Waals surface area contributed by atoms with Crippen LogP contribution in [0.2, 0.25) is 5.02 Å². The van der Waals surface area contributed by atoms with E-state index in [-0.39, 0.29) is 28.8 Å². The number of nitrogens with zero attached hydrogens (tertiary/aromatic N) is 3. The standard InChI is InChI=1S/C31H25ClN4O4/c1-2-39-27-18-21(17-25(32)29(27)40-20-28(37)34-23-13-7-4-8-14-23)19-33-36-30(22-11-5-3-6-12-22)35-26-16-10-9-15-24(26)31(36)38/h3-19H,2,20H2,1H3,(H,34,37). The topological polar surface area (TPSA) is 94.8 Å². The molecule has 5 aromatic rings. The molecular weight excluding hydrogens is 528 g/mol. The molecule has 0 atom stereocenters. The van der Waals surface area contributed by atoms with Gasteiger partial charge in [-0.15, -0.1) is 0 Å². The monoisotopic (exact) mass is 552 g/mol. The predicted molar refractivity (Wildman–Crippen MR) is 158 cm³/mol. The van der Waals surface area contributed by atoms with Crippen LogP contribution in [0.4, 0.5) is 5.69 Å². The summed E-state index contributed by atoms with van der Waals surface area (Å²) in [5, 5.41) is 7.93. The first-order chi connectivity index (χ1) is 19.5. The molecule has 5 rings (SSSR count). The molecule has 40 heavy (non-hydrogen) atoms. The van der Waals surface area contributed by atoms with Gasteiger partial charge in [0.25, 0.3) is 11.5 Å². The van der Waals surface area contributed by atoms with Crippen LogP contribution in [0.15, 0.2) is 107 Å². The van der Waals surface area contributed by atoms with Crippen LogP contribution in [0.25, 0.3) is 22.3 Å². The highest BCUT2D eigenvalue weighted by molar-refractivity contribution is 6.32. The van der Waals surface area contributed by atoms with Crippen molar-refractivity contribution in [1.82, 2.24) is 9.66 Å². The van der Waals surface area contributed by atoms with Gasteiger partial charge in [-0.05, 0) is 48.9 Å². The highest BCUT2D eigenvalue weighted by atomic mass is 35.5. The summed E-state index contributed by atoms with van der Waals surface area (Å²) in [5.74, 6) is 0.641. The van der Waals surface area contributed by atoms with Crippen LogP contribution in [0.3, 0.4) is 0 Å². The van der Waals surface area contributed by atoms with Gasteiger partial charge in [-0.1, -0.05) is 72.3 Å². The van der Waals surface area contributed by atoms with Gasteiger partial charge in [-0.3, -0.25) is 9.59 Å². The first-order valence-electron chi connectivity index (χ1n) is 12.6. The first-order valence-corrected chi connectivity index (χ1v) is 13.0. The lowest BCUT2D eigenvalue weighted by molar-refractivity contribution is -0.118. The number of hydrogen-bond donors (Lipinski definition) is 1. The minimum Gasteiger partial charge on any atom is -0.490 e. The molecule has 1 N–H and O–H groups in total. The second kappa shape index (κ2) is 12.3. The zero-order valence-corrected chi connectivity index (χ0v) is 22.3. The van der Waals surface area contributed by atoms with Crippen molar-refractivity contribution in [3.8, 4) is 22.9 Å². The van der Waals surface area contributed by atoms with E-state index in [4.69, 9.17) is 26.1 Å². The zero-order chi connectivity index (χ0) is 27.9. The van der Waals surface area contributed by atoms with Crippen molar-refractivity contribution in [2.24, 2.45) is 5.10 Å². The highest BCUT2D eigenvalue weighted by Gasteiger charge is 2.16. The third-order valence-electron chi connectivity index (χ3n) is 5.84. The molecule has 8 nitrogen and oxygen atoms in total. The summed E-state index contributed by atoms with van der Waals surface area (Å²) in [6, 6.07) is 28.9. The van der Waals surface area contributed by atoms with Crippen molar-refractivity contribution in [2.45, 2.75) is 6.92 Å². The summed E-state index contributed by atoms with van der Waals surface area (Å²) in [4.78, 5) is 30.5. The maximum absolute atomic E-state index is 13.4. The van der Waals surface area contributed by atoms with E-state index < -0.39 is 0 Å². The minimum atomic E-state index is -0.341. The van der Waals surface area contributed by atoms with Crippen LogP contribution in [-0.4, -0.2) is 35.0 Å². The number of nitrogens with one attached hydrogen (secondary N) is 1. The van der Waals surface area contributed by atoms with Gasteiger partial charge < -0.3 is 14.8 Å². The molecule has 1 aromatic heterocycles. The van der Waals surface area contributed by atoms with Crippen molar-refractivity contribution in [3.05, 3.63) is 118 Å². The number of rotatable bonds is 9. The smallest absolute Gasteiger partial charge is 0.282 e. The Bertz CT molecular complexity index is 1740. The van der Waals surface area contributed by atoms with E-state index in [9.17, 15) is 9.59 Å². The average molecular weight is 553 g/mol. The van der Waals surface area contributed by atoms with Gasteiger partial charge in [-0.2, -0.15) is 9.78 Å². The number of fused-ring (bicyclic) bond motifs is 1. The predicted octanol–water partition coefficient (Wildman–Crippen LogP) is 6.02. The van der Waals surface area contributed by atoms with Crippen molar-refractivity contribution >= 4 is 40.3 Å². The fourth-order valence-electron chi connectivity index (χ4n) is 4.05. The number of aromatic nitrogens is 2. The Labute approximate surface area is 235 Å². The van der Waals surface area contributed by atoms with Crippen LogP contribution in [0.1, 0.15) is 12.5 Å². The molecule has 200 valence electrons. The molecule has 0 saturated carbocycles. The maximum atomic E-state index is 13.4. The number of ether oxygens (including phenoxy) is 2. The fraction of sp³-hybridized carbons (Fsp3) is 0.0968. The van der Waals surface area contributed by atoms with Crippen molar-refractivity contribution < 1.29 is 14.3 Å². The van der Waals surface area contributed by atoms with E-state index in [1.807, 2.05) is 61.5 Å². The van der Waals surface area contributed by atoms with Crippen LogP contribution in [0, 0.1) is 0 Å². The number of carbonyl (C=O) groups is 1. The molecule has 9 heteroatoms. The Morgan fingerprint density at radius 3 is 2.42 bits per heavy atom. The molecule has 0 aliphatic heterocycles. The molecule has 0 fully saturated rings. The molecule has 1 amide bonds. The average Bonchev–Trinajstić information content (AvgIpc) is 2.97. The van der Waals surface area contributed by atoms with Crippen molar-refractivity contribution in [1.29, 1.82) is 0 Å². The quantitative estimate of drug-likeness (QED) is 0.226. The van der Waals surface area contributed by atoms with Crippen LogP contribution >= 0.6 is 11.6 Å². The fourth-order valence-corrected chi connectivity index (χ4v) is 4.32. The second-order valence-corrected chi connectivity index (χ2v) is 9.05. The van der Waals surface area contributed by atoms with Crippen LogP contribution < -0.4 is 20.3 Å². The summed E-state index contributed by atoms with van der Waals surface area (Å²) < 4.78 is 12.8. The Morgan fingerprint density at radius 2 is 1.68 bits per heavy atom. The summed E-state index contributed by atoms with van der Waals surface area (Å²) in [6.45, 7) is 1.91. The van der Waals surface area contributed by atoms with Crippen molar-refractivity contribution in [3.63, 3.8) is 0 Å². The van der Waals surface area contributed by atoms with Gasteiger partial charge in [0.1, 0.15) is 0 Å². The van der Waals surface area contributed by atoms with Crippen molar-refractivity contribution in [2.75, 3.05) is 18.5 Å². The lowest BCUT2D eigenvalue weighted by Gasteiger charge is -2.14. The van der Waals surface area contributed by atoms with Gasteiger partial charge in [0.15, 0.2) is 23.9 Å². The zero-order valence-electron chi connectivity index (χ0n) is 21.6. The normalized spacial score (nSPS) is 11.1. The summed E-state index contributed by atoms with van der Waals surface area (Å²) in [5.41, 5.74) is 2.24. The van der Waals surface area contributed by atoms with E-state index >= 15 is 0 Å². The molecule has 0 unspecified atom stereocenters. The minimum absolute atomic E-state index is 0.229. The van der Waals surface area contributed by atoms with Gasteiger partial charge >= 0.3 is 0 Å². The number of anilines is 1. The van der Waals surface area contributed by atoms with E-state index in [0.717, 1.165) is 5.56 Å². The van der Waals surface area contributed by atoms with Gasteiger partial charge in [0, 0.05) is 11.3 Å². The van der Waals surface area contributed by atoms with E-state index in [2.05, 4.69) is 10.4 Å². The summed E-state index contributed by atoms with van der Waals surface area (Å²) in [6.07, 6.45) is 1.50. The largest absolute Gasteiger partial charge is 0.490 e. The number of benzene rings is 4. The Kier molecular flexibility index (Phi) is 8.18. The third kappa shape index (κ3) is 6.03. The molecule has 0 spiro atoms. The lowest BCUT2D eigenvalue weighted by atomic mass is 10.2. The number of carbonyl (C=O) groups excluding carboxylic acids is 1. The Morgan fingerprint density at radius 1 is 0.975 bits per heavy atom. The number of amides is 1. The number of hydrogen-bond acceptors (Lipinski definition) is 6. The Balaban J connectivity index is 1.45. The molecule has 0 saturated heterocycles. The molecule has 1 heterocycles. The number of halogens is 1. The highest BCUT2D eigenvalue weighted by Crippen LogP contribution is 2.36. The third-order valence-corrected chi connectivity index (χ3v) is 6.13. The molecular formula is C31H25ClN4O4. The Hall–Kier alpha value is -4.95.